The van der Waals surface area contributed by atoms with E-state index in [0.29, 0.717) is 34.0 Å². The molecule has 0 aliphatic carbocycles. The molecule has 9 nitrogen and oxygen atoms in total. The fraction of sp³-hybridized carbons (Fsp3) is 0.0786. The SMILES string of the molecule is C.C.CO/C(C)=C(\C(C)=O)c1c2ccccc2c(N(c2ccccc2-c2ccccc2)c2ccccc2-c2ccccc2)c2ccccc12.CO/C(C)=C(\C(C)=O)c1cc2c3ccccc3c(N(c3ccccc3-c3ccccc3)c3ccccc3-c3ccccc3)cc2c2ccccc12.CO/C(C)=C(\C(C)=O)c1ccc2ccc3c(N(c4ccccc4-c4ccccc4)c4ccccc4-c4ccccc4)ccc4ccc1c2c43. The lowest BCUT2D eigenvalue weighted by molar-refractivity contribution is -0.112. The van der Waals surface area contributed by atoms with Crippen LogP contribution in [0.4, 0.5) is 51.2 Å². The maximum atomic E-state index is 13.3. The first-order chi connectivity index (χ1) is 72.2. The molecule has 0 saturated carbocycles. The van der Waals surface area contributed by atoms with Crippen LogP contribution in [0, 0.1) is 0 Å². The van der Waals surface area contributed by atoms with E-state index in [4.69, 9.17) is 14.2 Å². The first-order valence-corrected chi connectivity index (χ1v) is 49.7. The van der Waals surface area contributed by atoms with Crippen molar-refractivity contribution in [2.45, 2.75) is 56.4 Å². The third-order valence-corrected chi connectivity index (χ3v) is 28.3. The number of ketones is 3. The van der Waals surface area contributed by atoms with E-state index in [0.717, 1.165) is 215 Å². The Balaban J connectivity index is 0.000000140. The summed E-state index contributed by atoms with van der Waals surface area (Å²) in [5, 5.41) is 17.3. The molecule has 23 aromatic rings. The van der Waals surface area contributed by atoms with Crippen LogP contribution in [0.15, 0.2) is 503 Å². The highest BCUT2D eigenvalue weighted by Gasteiger charge is 2.32. The number of Topliss-reactive ketones (excluding diaryl/α,β-unsaturated/α-hetero) is 3. The Morgan fingerprint density at radius 1 is 0.188 bits per heavy atom. The molecule has 0 bridgehead atoms. The van der Waals surface area contributed by atoms with E-state index in [-0.39, 0.29) is 32.2 Å². The summed E-state index contributed by atoms with van der Waals surface area (Å²) in [6.07, 6.45) is 0. The van der Waals surface area contributed by atoms with Crippen molar-refractivity contribution in [2.24, 2.45) is 0 Å². The third kappa shape index (κ3) is 18.9. The molecule has 0 aromatic heterocycles. The lowest BCUT2D eigenvalue weighted by Crippen LogP contribution is -2.14. The van der Waals surface area contributed by atoms with Gasteiger partial charge in [-0.15, -0.1) is 0 Å². The van der Waals surface area contributed by atoms with Crippen LogP contribution in [0.5, 0.6) is 0 Å². The number of hydrogen-bond donors (Lipinski definition) is 0. The maximum Gasteiger partial charge on any atom is 0.163 e. The number of fused-ring (bicyclic) bond motifs is 7. The smallest absolute Gasteiger partial charge is 0.163 e. The number of rotatable bonds is 24. The number of ether oxygens (including phenoxy) is 3. The van der Waals surface area contributed by atoms with Crippen molar-refractivity contribution in [3.05, 3.63) is 519 Å². The highest BCUT2D eigenvalue weighted by molar-refractivity contribution is 6.34. The van der Waals surface area contributed by atoms with Crippen molar-refractivity contribution < 1.29 is 28.6 Å². The molecule has 0 amide bonds. The maximum absolute atomic E-state index is 13.3. The van der Waals surface area contributed by atoms with Crippen LogP contribution in [0.25, 0.3) is 170 Å². The molecule has 0 atom stereocenters. The molecular formula is C140H115N3O6. The molecule has 9 heteroatoms. The molecule has 0 unspecified atom stereocenters. The van der Waals surface area contributed by atoms with E-state index in [1.165, 1.54) is 5.39 Å². The topological polar surface area (TPSA) is 88.6 Å². The molecule has 0 aliphatic rings. The Bertz CT molecular complexity index is 8740. The Kier molecular flexibility index (Phi) is 29.2. The Labute approximate surface area is 872 Å². The molecular weight excluding hydrogens is 1820 g/mol. The first kappa shape index (κ1) is 99.2. The van der Waals surface area contributed by atoms with Gasteiger partial charge in [-0.2, -0.15) is 0 Å². The first-order valence-electron chi connectivity index (χ1n) is 49.7. The van der Waals surface area contributed by atoms with Gasteiger partial charge in [0, 0.05) is 60.5 Å². The fourth-order valence-corrected chi connectivity index (χ4v) is 21.6. The van der Waals surface area contributed by atoms with E-state index < -0.39 is 0 Å². The Morgan fingerprint density at radius 2 is 0.443 bits per heavy atom. The van der Waals surface area contributed by atoms with Crippen molar-refractivity contribution in [1.29, 1.82) is 0 Å². The second-order valence-corrected chi connectivity index (χ2v) is 36.8. The molecule has 23 rings (SSSR count). The van der Waals surface area contributed by atoms with Crippen LogP contribution in [0.3, 0.4) is 0 Å². The lowest BCUT2D eigenvalue weighted by Gasteiger charge is -2.32. The number of anilines is 9. The second-order valence-electron chi connectivity index (χ2n) is 36.8. The fourth-order valence-electron chi connectivity index (χ4n) is 21.6. The number of allylic oxidation sites excluding steroid dienone is 6. The predicted molar refractivity (Wildman–Crippen MR) is 632 cm³/mol. The van der Waals surface area contributed by atoms with E-state index in [2.05, 4.69) is 482 Å². The van der Waals surface area contributed by atoms with Gasteiger partial charge in [-0.05, 0) is 205 Å². The summed E-state index contributed by atoms with van der Waals surface area (Å²) in [5.74, 6) is 1.74. The van der Waals surface area contributed by atoms with Crippen molar-refractivity contribution in [2.75, 3.05) is 36.0 Å². The van der Waals surface area contributed by atoms with Gasteiger partial charge in [-0.25, -0.2) is 0 Å². The summed E-state index contributed by atoms with van der Waals surface area (Å²) >= 11 is 0. The number of benzene rings is 23. The molecule has 0 aliphatic heterocycles. The summed E-state index contributed by atoms with van der Waals surface area (Å²) in [7, 11) is 4.87. The zero-order chi connectivity index (χ0) is 101. The summed E-state index contributed by atoms with van der Waals surface area (Å²) < 4.78 is 17.0. The van der Waals surface area contributed by atoms with Crippen molar-refractivity contribution in [1.82, 2.24) is 0 Å². The van der Waals surface area contributed by atoms with Gasteiger partial charge in [0.1, 0.15) is 17.3 Å². The molecule has 0 fully saturated rings. The van der Waals surface area contributed by atoms with E-state index in [9.17, 15) is 14.4 Å². The van der Waals surface area contributed by atoms with E-state index in [1.54, 1.807) is 42.1 Å². The molecule has 23 aromatic carbocycles. The van der Waals surface area contributed by atoms with Crippen LogP contribution in [0.2, 0.25) is 0 Å². The summed E-state index contributed by atoms with van der Waals surface area (Å²) in [6, 6.07) is 171. The Hall–Kier alpha value is -18.6. The zero-order valence-electron chi connectivity index (χ0n) is 83.5. The van der Waals surface area contributed by atoms with Gasteiger partial charge in [0.05, 0.1) is 89.2 Å². The predicted octanol–water partition coefficient (Wildman–Crippen LogP) is 38.3. The summed E-state index contributed by atoms with van der Waals surface area (Å²) in [5.41, 5.74) is 27.7. The monoisotopic (exact) mass is 1930 g/mol. The minimum absolute atomic E-state index is 0. The number of carbonyl (C=O) groups excluding carboxylic acids is 3. The molecule has 0 heterocycles. The molecule has 0 saturated heterocycles. The number of carbonyl (C=O) groups is 3. The normalized spacial score (nSPS) is 11.7. The quantitative estimate of drug-likeness (QED) is 0.0254. The van der Waals surface area contributed by atoms with E-state index >= 15 is 0 Å². The summed E-state index contributed by atoms with van der Waals surface area (Å²) in [6.45, 7) is 10.4. The molecule has 0 N–H and O–H groups in total. The highest BCUT2D eigenvalue weighted by atomic mass is 16.5. The van der Waals surface area contributed by atoms with Crippen molar-refractivity contribution >= 4 is 171 Å². The van der Waals surface area contributed by atoms with Gasteiger partial charge >= 0.3 is 0 Å². The number of nitrogens with zero attached hydrogens (tertiary/aromatic N) is 3. The lowest BCUT2D eigenvalue weighted by atomic mass is 9.87. The van der Waals surface area contributed by atoms with Gasteiger partial charge < -0.3 is 28.9 Å². The van der Waals surface area contributed by atoms with Crippen LogP contribution in [0.1, 0.15) is 73.1 Å². The minimum Gasteiger partial charge on any atom is -0.501 e. The van der Waals surface area contributed by atoms with Crippen LogP contribution < -0.4 is 14.7 Å². The van der Waals surface area contributed by atoms with Gasteiger partial charge in [0.25, 0.3) is 0 Å². The second kappa shape index (κ2) is 43.9. The third-order valence-electron chi connectivity index (χ3n) is 28.3. The van der Waals surface area contributed by atoms with Gasteiger partial charge in [0.2, 0.25) is 0 Å². The number of para-hydroxylation sites is 6. The average molecular weight is 1940 g/mol. The van der Waals surface area contributed by atoms with Crippen LogP contribution in [-0.2, 0) is 28.6 Å². The average Bonchev–Trinajstić information content (AvgIpc) is 0.729. The number of hydrogen-bond acceptors (Lipinski definition) is 9. The minimum atomic E-state index is -0.0342. The van der Waals surface area contributed by atoms with Gasteiger partial charge in [-0.3, -0.25) is 14.4 Å². The van der Waals surface area contributed by atoms with Gasteiger partial charge in [0.15, 0.2) is 17.3 Å². The molecule has 0 radical (unpaired) electrons. The standard InChI is InChI=1S/C48H37NO2.C46H35NO2.C44H35NO2.2CH4/c1-32(50)48(33(2)51-3)44-30-42-40-26-12-13-27-41(40)47(31-43(42)38-24-10-11-25-39(38)44)49(45-28-16-14-22-36(45)34-18-6-4-7-19-34)46-29-17-15-23-37(46)35-20-8-5-9-21-35;1-30(48)44(31(2)49-3)38-26-22-34-24-28-40-43(29-25-35-23-27-39(38)45(34)46(35)40)47(41-20-12-10-18-36(41)32-14-6-4-7-15-32)42-21-13-11-19-37(42)33-16-8-5-9-17-33;1-30(46)42(31(2)47-3)43-36-24-10-12-26-38(36)44(39-27-13-11-25-37(39)43)45(40-28-16-14-22-34(40)32-18-6-4-7-19-32)41-29-17-15-23-35(41)33-20-8-5-9-21-33;;/h4-31H,1-3H3;4-29H,1-3H3;4-29H,1-3H3;2*1H4/b48-33+;44-31+;42-31+;;. The zero-order valence-corrected chi connectivity index (χ0v) is 83.5. The largest absolute Gasteiger partial charge is 0.501 e. The number of methoxy groups -OCH3 is 3. The highest BCUT2D eigenvalue weighted by Crippen LogP contribution is 2.56. The van der Waals surface area contributed by atoms with Gasteiger partial charge in [-0.1, -0.05) is 446 Å². The van der Waals surface area contributed by atoms with Crippen LogP contribution >= 0.6 is 0 Å². The molecule has 726 valence electrons. The van der Waals surface area contributed by atoms with Crippen molar-refractivity contribution in [3.8, 4) is 66.8 Å². The Morgan fingerprint density at radius 3 is 0.799 bits per heavy atom. The van der Waals surface area contributed by atoms with Crippen LogP contribution in [-0.4, -0.2) is 38.7 Å². The van der Waals surface area contributed by atoms with Crippen molar-refractivity contribution in [3.63, 3.8) is 0 Å². The molecule has 0 spiro atoms. The molecule has 149 heavy (non-hydrogen) atoms. The summed E-state index contributed by atoms with van der Waals surface area (Å²) in [4.78, 5) is 46.8. The van der Waals surface area contributed by atoms with E-state index in [1.807, 2.05) is 39.0 Å².